The van der Waals surface area contributed by atoms with E-state index in [9.17, 15) is 14.4 Å². The summed E-state index contributed by atoms with van der Waals surface area (Å²) in [7, 11) is 0. The molecule has 0 aliphatic carbocycles. The summed E-state index contributed by atoms with van der Waals surface area (Å²) in [5, 5.41) is 7.43. The highest BCUT2D eigenvalue weighted by atomic mass is 79.9. The third kappa shape index (κ3) is 5.40. The molecule has 0 spiro atoms. The number of halogens is 1. The van der Waals surface area contributed by atoms with Crippen LogP contribution in [0.1, 0.15) is 49.8 Å². The van der Waals surface area contributed by atoms with E-state index in [-0.39, 0.29) is 28.8 Å². The minimum atomic E-state index is -0.600. The molecule has 0 unspecified atom stereocenters. The van der Waals surface area contributed by atoms with Gasteiger partial charge in [0.2, 0.25) is 0 Å². The Bertz CT molecular complexity index is 1260. The highest BCUT2D eigenvalue weighted by Gasteiger charge is 2.27. The lowest BCUT2D eigenvalue weighted by molar-refractivity contribution is 0.0527. The predicted octanol–water partition coefficient (Wildman–Crippen LogP) is 5.45. The quantitative estimate of drug-likeness (QED) is 0.312. The van der Waals surface area contributed by atoms with Gasteiger partial charge in [0.1, 0.15) is 9.88 Å². The molecule has 1 amide bonds. The Morgan fingerprint density at radius 1 is 1.00 bits per heavy atom. The number of benzene rings is 2. The van der Waals surface area contributed by atoms with E-state index in [2.05, 4.69) is 26.6 Å². The number of hydrogen-bond donors (Lipinski definition) is 2. The van der Waals surface area contributed by atoms with Gasteiger partial charge in [-0.1, -0.05) is 40.2 Å². The van der Waals surface area contributed by atoms with Crippen LogP contribution in [-0.4, -0.2) is 36.2 Å². The van der Waals surface area contributed by atoms with Gasteiger partial charge in [0, 0.05) is 10.0 Å². The smallest absolute Gasteiger partial charge is 0.348 e. The van der Waals surface area contributed by atoms with Crippen molar-refractivity contribution in [1.82, 2.24) is 5.32 Å². The SMILES string of the molecule is CCOC(=O)c1sc(NC(=S)NC(=O)c2cccc3c(Br)cccc23)c(C(=O)OCC)c1C. The molecule has 172 valence electrons. The van der Waals surface area contributed by atoms with Crippen LogP contribution in [-0.2, 0) is 9.47 Å². The average molecular weight is 549 g/mol. The van der Waals surface area contributed by atoms with Gasteiger partial charge in [-0.25, -0.2) is 9.59 Å². The van der Waals surface area contributed by atoms with Crippen LogP contribution in [0.3, 0.4) is 0 Å². The molecule has 7 nitrogen and oxygen atoms in total. The van der Waals surface area contributed by atoms with Crippen molar-refractivity contribution >= 4 is 78.2 Å². The maximum Gasteiger partial charge on any atom is 0.348 e. The third-order valence-corrected chi connectivity index (χ3v) is 6.74. The van der Waals surface area contributed by atoms with Gasteiger partial charge in [0.25, 0.3) is 5.91 Å². The zero-order valence-electron chi connectivity index (χ0n) is 18.1. The summed E-state index contributed by atoms with van der Waals surface area (Å²) in [5.74, 6) is -1.56. The van der Waals surface area contributed by atoms with Crippen molar-refractivity contribution in [2.75, 3.05) is 18.5 Å². The van der Waals surface area contributed by atoms with Gasteiger partial charge in [-0.05, 0) is 61.5 Å². The standard InChI is InChI=1S/C23H21BrN2O5S2/c1-4-30-21(28)17-12(3)18(22(29)31-5-2)33-20(17)26-23(32)25-19(27)15-10-6-9-14-13(15)8-7-11-16(14)24/h6-11H,4-5H2,1-3H3,(H2,25,26,27,32). The molecule has 0 bridgehead atoms. The Morgan fingerprint density at radius 3 is 2.33 bits per heavy atom. The number of rotatable bonds is 6. The summed E-state index contributed by atoms with van der Waals surface area (Å²) >= 11 is 9.83. The van der Waals surface area contributed by atoms with Crippen molar-refractivity contribution in [1.29, 1.82) is 0 Å². The topological polar surface area (TPSA) is 93.7 Å². The summed E-state index contributed by atoms with van der Waals surface area (Å²) in [5.41, 5.74) is 1.04. The number of carbonyl (C=O) groups is 3. The van der Waals surface area contributed by atoms with Crippen LogP contribution >= 0.6 is 39.5 Å². The van der Waals surface area contributed by atoms with Crippen molar-refractivity contribution in [3.05, 3.63) is 62.4 Å². The van der Waals surface area contributed by atoms with Crippen LogP contribution in [0.2, 0.25) is 0 Å². The number of carbonyl (C=O) groups excluding carboxylic acids is 3. The van der Waals surface area contributed by atoms with Gasteiger partial charge >= 0.3 is 11.9 Å². The number of thiocarbonyl (C=S) groups is 1. The Kier molecular flexibility index (Phi) is 8.17. The van der Waals surface area contributed by atoms with Gasteiger partial charge in [0.15, 0.2) is 5.11 Å². The fourth-order valence-corrected chi connectivity index (χ4v) is 5.07. The van der Waals surface area contributed by atoms with E-state index in [1.165, 1.54) is 0 Å². The molecule has 0 saturated carbocycles. The van der Waals surface area contributed by atoms with Gasteiger partial charge in [0.05, 0.1) is 18.8 Å². The van der Waals surface area contributed by atoms with E-state index in [1.807, 2.05) is 24.3 Å². The molecule has 1 heterocycles. The maximum atomic E-state index is 12.9. The molecule has 0 radical (unpaired) electrons. The average Bonchev–Trinajstić information content (AvgIpc) is 3.09. The van der Waals surface area contributed by atoms with Gasteiger partial charge < -0.3 is 14.8 Å². The van der Waals surface area contributed by atoms with E-state index in [0.29, 0.717) is 16.1 Å². The summed E-state index contributed by atoms with van der Waals surface area (Å²) < 4.78 is 11.1. The second-order valence-corrected chi connectivity index (χ2v) is 9.03. The van der Waals surface area contributed by atoms with Crippen molar-refractivity contribution in [3.8, 4) is 0 Å². The molecule has 2 N–H and O–H groups in total. The summed E-state index contributed by atoms with van der Waals surface area (Å²) in [6.45, 7) is 5.38. The lowest BCUT2D eigenvalue weighted by Crippen LogP contribution is -2.34. The van der Waals surface area contributed by atoms with Gasteiger partial charge in [-0.2, -0.15) is 0 Å². The highest BCUT2D eigenvalue weighted by molar-refractivity contribution is 9.10. The zero-order valence-corrected chi connectivity index (χ0v) is 21.3. The van der Waals surface area contributed by atoms with E-state index < -0.39 is 17.8 Å². The Labute approximate surface area is 208 Å². The number of nitrogens with one attached hydrogen (secondary N) is 2. The fourth-order valence-electron chi connectivity index (χ4n) is 3.22. The largest absolute Gasteiger partial charge is 0.462 e. The molecule has 0 aliphatic rings. The number of anilines is 1. The van der Waals surface area contributed by atoms with Gasteiger partial charge in [-0.15, -0.1) is 11.3 Å². The van der Waals surface area contributed by atoms with Gasteiger partial charge in [-0.3, -0.25) is 10.1 Å². The molecule has 0 aliphatic heterocycles. The molecule has 10 heteroatoms. The molecule has 33 heavy (non-hydrogen) atoms. The highest BCUT2D eigenvalue weighted by Crippen LogP contribution is 2.34. The van der Waals surface area contributed by atoms with Crippen LogP contribution in [0, 0.1) is 6.92 Å². The monoisotopic (exact) mass is 548 g/mol. The first kappa shape index (κ1) is 24.8. The van der Waals surface area contributed by atoms with Crippen molar-refractivity contribution in [3.63, 3.8) is 0 Å². The van der Waals surface area contributed by atoms with E-state index in [1.54, 1.807) is 32.9 Å². The molecule has 3 aromatic rings. The number of esters is 2. The van der Waals surface area contributed by atoms with Crippen molar-refractivity contribution in [2.45, 2.75) is 20.8 Å². The first-order valence-corrected chi connectivity index (χ1v) is 12.1. The minimum Gasteiger partial charge on any atom is -0.462 e. The first-order chi connectivity index (χ1) is 15.8. The molecule has 0 saturated heterocycles. The minimum absolute atomic E-state index is 0.0193. The second kappa shape index (κ2) is 10.9. The lowest BCUT2D eigenvalue weighted by Gasteiger charge is -2.12. The Morgan fingerprint density at radius 2 is 1.64 bits per heavy atom. The maximum absolute atomic E-state index is 12.9. The Hall–Kier alpha value is -2.82. The number of amides is 1. The molecule has 0 atom stereocenters. The Balaban J connectivity index is 1.87. The van der Waals surface area contributed by atoms with Crippen LogP contribution in [0.4, 0.5) is 5.00 Å². The molecule has 3 rings (SSSR count). The summed E-state index contributed by atoms with van der Waals surface area (Å²) in [4.78, 5) is 38.1. The van der Waals surface area contributed by atoms with Crippen molar-refractivity contribution < 1.29 is 23.9 Å². The fraction of sp³-hybridized carbons (Fsp3) is 0.217. The molecular weight excluding hydrogens is 528 g/mol. The molecule has 0 fully saturated rings. The van der Waals surface area contributed by atoms with Crippen LogP contribution < -0.4 is 10.6 Å². The van der Waals surface area contributed by atoms with Crippen LogP contribution in [0.15, 0.2) is 40.9 Å². The number of ether oxygens (including phenoxy) is 2. The van der Waals surface area contributed by atoms with Crippen LogP contribution in [0.25, 0.3) is 10.8 Å². The van der Waals surface area contributed by atoms with E-state index in [0.717, 1.165) is 26.6 Å². The summed E-state index contributed by atoms with van der Waals surface area (Å²) in [6.07, 6.45) is 0. The summed E-state index contributed by atoms with van der Waals surface area (Å²) in [6, 6.07) is 11.0. The second-order valence-electron chi connectivity index (χ2n) is 6.75. The number of hydrogen-bond acceptors (Lipinski definition) is 7. The third-order valence-electron chi connectivity index (χ3n) is 4.65. The van der Waals surface area contributed by atoms with Crippen LogP contribution in [0.5, 0.6) is 0 Å². The zero-order chi connectivity index (χ0) is 24.1. The van der Waals surface area contributed by atoms with Crippen molar-refractivity contribution in [2.24, 2.45) is 0 Å². The number of fused-ring (bicyclic) bond motifs is 1. The molecule has 2 aromatic carbocycles. The lowest BCUT2D eigenvalue weighted by atomic mass is 10.0. The van der Waals surface area contributed by atoms with E-state index in [4.69, 9.17) is 21.7 Å². The molecule has 1 aromatic heterocycles. The first-order valence-electron chi connectivity index (χ1n) is 10.1. The predicted molar refractivity (Wildman–Crippen MR) is 136 cm³/mol. The van der Waals surface area contributed by atoms with E-state index >= 15 is 0 Å². The number of thiophene rings is 1. The molecular formula is C23H21BrN2O5S2. The normalized spacial score (nSPS) is 10.5.